The van der Waals surface area contributed by atoms with Crippen LogP contribution in [-0.4, -0.2) is 19.2 Å². The first kappa shape index (κ1) is 11.7. The van der Waals surface area contributed by atoms with Crippen molar-refractivity contribution >= 4 is 15.9 Å². The lowest BCUT2D eigenvalue weighted by Crippen LogP contribution is -2.34. The Morgan fingerprint density at radius 1 is 1.43 bits per heavy atom. The molecule has 0 amide bonds. The van der Waals surface area contributed by atoms with Crippen LogP contribution in [0.3, 0.4) is 0 Å². The number of ether oxygens (including phenoxy) is 1. The van der Waals surface area contributed by atoms with E-state index in [-0.39, 0.29) is 6.04 Å². The van der Waals surface area contributed by atoms with Crippen molar-refractivity contribution in [2.75, 3.05) is 13.2 Å². The van der Waals surface area contributed by atoms with Gasteiger partial charge in [-0.15, -0.1) is 0 Å². The smallest absolute Gasteiger partial charge is 0.0718 e. The first-order valence-corrected chi connectivity index (χ1v) is 5.29. The van der Waals surface area contributed by atoms with Gasteiger partial charge in [0.1, 0.15) is 0 Å². The molecule has 0 radical (unpaired) electrons. The van der Waals surface area contributed by atoms with Crippen LogP contribution in [-0.2, 0) is 11.3 Å². The standard InChI is InChI=1S/C10H15BrN2O/c11-9-3-1-2-8(4-9)6-14-7-10(13)5-12/h1-4,10H,5-7,12-13H2/t10-/m0/s1. The molecule has 0 aliphatic carbocycles. The first-order chi connectivity index (χ1) is 6.72. The number of hydrogen-bond donors (Lipinski definition) is 2. The molecule has 0 bridgehead atoms. The summed E-state index contributed by atoms with van der Waals surface area (Å²) in [5.41, 5.74) is 12.1. The van der Waals surface area contributed by atoms with Crippen LogP contribution >= 0.6 is 15.9 Å². The largest absolute Gasteiger partial charge is 0.375 e. The van der Waals surface area contributed by atoms with Gasteiger partial charge in [0.25, 0.3) is 0 Å². The molecular formula is C10H15BrN2O. The van der Waals surface area contributed by atoms with Crippen molar-refractivity contribution in [3.05, 3.63) is 34.3 Å². The van der Waals surface area contributed by atoms with Crippen molar-refractivity contribution in [3.8, 4) is 0 Å². The van der Waals surface area contributed by atoms with Gasteiger partial charge in [-0.25, -0.2) is 0 Å². The lowest BCUT2D eigenvalue weighted by molar-refractivity contribution is 0.109. The summed E-state index contributed by atoms with van der Waals surface area (Å²) in [4.78, 5) is 0. The Labute approximate surface area is 92.6 Å². The third-order valence-corrected chi connectivity index (χ3v) is 2.29. The molecule has 0 saturated carbocycles. The summed E-state index contributed by atoms with van der Waals surface area (Å²) in [5.74, 6) is 0. The van der Waals surface area contributed by atoms with Crippen molar-refractivity contribution in [2.24, 2.45) is 11.5 Å². The molecule has 0 aliphatic heterocycles. The number of rotatable bonds is 5. The summed E-state index contributed by atoms with van der Waals surface area (Å²) in [7, 11) is 0. The van der Waals surface area contributed by atoms with E-state index in [1.165, 1.54) is 0 Å². The third-order valence-electron chi connectivity index (χ3n) is 1.79. The van der Waals surface area contributed by atoms with Crippen molar-refractivity contribution in [3.63, 3.8) is 0 Å². The molecule has 1 aromatic carbocycles. The van der Waals surface area contributed by atoms with Crippen LogP contribution in [0.25, 0.3) is 0 Å². The molecule has 0 unspecified atom stereocenters. The highest BCUT2D eigenvalue weighted by Gasteiger charge is 1.99. The molecule has 0 aliphatic rings. The molecule has 0 heterocycles. The fourth-order valence-electron chi connectivity index (χ4n) is 1.02. The van der Waals surface area contributed by atoms with Gasteiger partial charge in [0, 0.05) is 17.1 Å². The molecule has 0 saturated heterocycles. The Morgan fingerprint density at radius 3 is 2.86 bits per heavy atom. The topological polar surface area (TPSA) is 61.3 Å². The molecule has 1 aromatic rings. The molecule has 0 aromatic heterocycles. The molecule has 78 valence electrons. The van der Waals surface area contributed by atoms with E-state index >= 15 is 0 Å². The van der Waals surface area contributed by atoms with Crippen LogP contribution in [0.5, 0.6) is 0 Å². The molecule has 1 atom stereocenters. The Hall–Kier alpha value is -0.420. The molecule has 1 rings (SSSR count). The van der Waals surface area contributed by atoms with Gasteiger partial charge in [-0.1, -0.05) is 28.1 Å². The van der Waals surface area contributed by atoms with Gasteiger partial charge < -0.3 is 16.2 Å². The van der Waals surface area contributed by atoms with Crippen LogP contribution in [0.2, 0.25) is 0 Å². The fraction of sp³-hybridized carbons (Fsp3) is 0.400. The Bertz CT molecular complexity index is 281. The second-order valence-corrected chi connectivity index (χ2v) is 4.06. The monoisotopic (exact) mass is 258 g/mol. The second-order valence-electron chi connectivity index (χ2n) is 3.14. The number of halogens is 1. The van der Waals surface area contributed by atoms with E-state index in [4.69, 9.17) is 16.2 Å². The summed E-state index contributed by atoms with van der Waals surface area (Å²) in [6, 6.07) is 7.93. The van der Waals surface area contributed by atoms with Gasteiger partial charge in [-0.2, -0.15) is 0 Å². The maximum atomic E-state index is 5.61. The molecular weight excluding hydrogens is 244 g/mol. The van der Waals surface area contributed by atoms with Gasteiger partial charge >= 0.3 is 0 Å². The number of benzene rings is 1. The maximum absolute atomic E-state index is 5.61. The van der Waals surface area contributed by atoms with Crippen LogP contribution < -0.4 is 11.5 Å². The summed E-state index contributed by atoms with van der Waals surface area (Å²) in [5, 5.41) is 0. The van der Waals surface area contributed by atoms with E-state index in [9.17, 15) is 0 Å². The Balaban J connectivity index is 2.31. The van der Waals surface area contributed by atoms with E-state index in [1.54, 1.807) is 0 Å². The SMILES string of the molecule is NC[C@H](N)COCc1cccc(Br)c1. The molecule has 14 heavy (non-hydrogen) atoms. The average molecular weight is 259 g/mol. The predicted octanol–water partition coefficient (Wildman–Crippen LogP) is 1.25. The molecule has 4 heteroatoms. The molecule has 3 nitrogen and oxygen atoms in total. The highest BCUT2D eigenvalue weighted by atomic mass is 79.9. The zero-order valence-corrected chi connectivity index (χ0v) is 9.53. The van der Waals surface area contributed by atoms with E-state index in [2.05, 4.69) is 15.9 Å². The minimum Gasteiger partial charge on any atom is -0.375 e. The van der Waals surface area contributed by atoms with Gasteiger partial charge in [0.05, 0.1) is 13.2 Å². The highest BCUT2D eigenvalue weighted by Crippen LogP contribution is 2.12. The zero-order chi connectivity index (χ0) is 10.4. The van der Waals surface area contributed by atoms with Crippen molar-refractivity contribution in [2.45, 2.75) is 12.6 Å². The fourth-order valence-corrected chi connectivity index (χ4v) is 1.47. The number of nitrogens with two attached hydrogens (primary N) is 2. The van der Waals surface area contributed by atoms with E-state index in [1.807, 2.05) is 24.3 Å². The summed E-state index contributed by atoms with van der Waals surface area (Å²) < 4.78 is 6.46. The van der Waals surface area contributed by atoms with Gasteiger partial charge in [-0.3, -0.25) is 0 Å². The first-order valence-electron chi connectivity index (χ1n) is 4.50. The summed E-state index contributed by atoms with van der Waals surface area (Å²) in [6.45, 7) is 1.54. The second kappa shape index (κ2) is 6.14. The van der Waals surface area contributed by atoms with Crippen molar-refractivity contribution < 1.29 is 4.74 Å². The number of hydrogen-bond acceptors (Lipinski definition) is 3. The maximum Gasteiger partial charge on any atom is 0.0718 e. The zero-order valence-electron chi connectivity index (χ0n) is 7.95. The normalized spacial score (nSPS) is 12.8. The lowest BCUT2D eigenvalue weighted by atomic mass is 10.2. The van der Waals surface area contributed by atoms with Gasteiger partial charge in [0.15, 0.2) is 0 Å². The van der Waals surface area contributed by atoms with Gasteiger partial charge in [-0.05, 0) is 17.7 Å². The van der Waals surface area contributed by atoms with Crippen LogP contribution in [0.1, 0.15) is 5.56 Å². The quantitative estimate of drug-likeness (QED) is 0.836. The van der Waals surface area contributed by atoms with Crippen LogP contribution in [0.4, 0.5) is 0 Å². The molecule has 0 fully saturated rings. The molecule has 0 spiro atoms. The van der Waals surface area contributed by atoms with E-state index < -0.39 is 0 Å². The average Bonchev–Trinajstić information content (AvgIpc) is 2.17. The van der Waals surface area contributed by atoms with Crippen molar-refractivity contribution in [1.29, 1.82) is 0 Å². The third kappa shape index (κ3) is 4.19. The van der Waals surface area contributed by atoms with Crippen LogP contribution in [0, 0.1) is 0 Å². The Morgan fingerprint density at radius 2 is 2.21 bits per heavy atom. The minimum atomic E-state index is -0.0675. The highest BCUT2D eigenvalue weighted by molar-refractivity contribution is 9.10. The van der Waals surface area contributed by atoms with Crippen molar-refractivity contribution in [1.82, 2.24) is 0 Å². The molecule has 4 N–H and O–H groups in total. The Kier molecular flexibility index (Phi) is 5.11. The van der Waals surface area contributed by atoms with E-state index in [0.717, 1.165) is 10.0 Å². The minimum absolute atomic E-state index is 0.0675. The van der Waals surface area contributed by atoms with Crippen LogP contribution in [0.15, 0.2) is 28.7 Å². The summed E-state index contributed by atoms with van der Waals surface area (Å²) in [6.07, 6.45) is 0. The lowest BCUT2D eigenvalue weighted by Gasteiger charge is -2.09. The summed E-state index contributed by atoms with van der Waals surface area (Å²) >= 11 is 3.40. The van der Waals surface area contributed by atoms with E-state index in [0.29, 0.717) is 19.8 Å². The predicted molar refractivity (Wildman–Crippen MR) is 60.8 cm³/mol. The van der Waals surface area contributed by atoms with Gasteiger partial charge in [0.2, 0.25) is 0 Å².